The first-order chi connectivity index (χ1) is 46.5. The van der Waals surface area contributed by atoms with Gasteiger partial charge in [-0.1, -0.05) is 170 Å². The van der Waals surface area contributed by atoms with Crippen LogP contribution >= 0.6 is 31.7 Å². The summed E-state index contributed by atoms with van der Waals surface area (Å²) in [6.07, 6.45) is 38.8. The zero-order valence-corrected chi connectivity index (χ0v) is 66.4. The van der Waals surface area contributed by atoms with E-state index in [-0.39, 0.29) is 89.5 Å². The van der Waals surface area contributed by atoms with Crippen molar-refractivity contribution in [3.05, 3.63) is 363 Å². The van der Waals surface area contributed by atoms with Gasteiger partial charge < -0.3 is 34.5 Å². The molecule has 0 unspecified atom stereocenters. The molecular weight excluding hydrogens is 2000 g/mol. The maximum absolute atomic E-state index is 7.13. The summed E-state index contributed by atoms with van der Waals surface area (Å²) in [4.78, 5) is 0. The van der Waals surface area contributed by atoms with Crippen molar-refractivity contribution in [3.63, 3.8) is 0 Å². The molecule has 2 aromatic heterocycles. The molecule has 2 heterocycles. The van der Waals surface area contributed by atoms with E-state index in [2.05, 4.69) is 266 Å². The SMILES string of the molecule is [Au+].[Au+].[Au+].[Au+].[C-]#Cc1ccc2c(c1)oc1ccc(C#[C-])cc12.[C-]#Cc1ccc2c(c1)oc1ccc(C#[C-])cc12.c1ccc([PH+](CCCC[PH+](c2ccccc2)c2ccccc2)c2ccccc2)cc1.c1ccc([PH+](CCCC[PH+](c2ccccc2)c2ccccc2)c2ccccc2)cc1. The van der Waals surface area contributed by atoms with Crippen molar-refractivity contribution in [3.8, 4) is 23.7 Å². The zero-order chi connectivity index (χ0) is 64.5. The van der Waals surface area contributed by atoms with Gasteiger partial charge >= 0.3 is 89.5 Å². The van der Waals surface area contributed by atoms with Gasteiger partial charge in [-0.3, -0.25) is 23.7 Å². The van der Waals surface area contributed by atoms with E-state index in [0.717, 1.165) is 55.0 Å². The van der Waals surface area contributed by atoms with Crippen molar-refractivity contribution in [2.75, 3.05) is 24.6 Å². The van der Waals surface area contributed by atoms with E-state index >= 15 is 0 Å². The molecule has 496 valence electrons. The van der Waals surface area contributed by atoms with Gasteiger partial charge in [0, 0.05) is 21.5 Å². The summed E-state index contributed by atoms with van der Waals surface area (Å²) < 4.78 is 11.4. The number of furan rings is 2. The summed E-state index contributed by atoms with van der Waals surface area (Å²) in [7, 11) is -2.86. The van der Waals surface area contributed by atoms with Crippen LogP contribution in [0.25, 0.3) is 43.9 Å². The van der Waals surface area contributed by atoms with Crippen LogP contribution in [-0.4, -0.2) is 24.6 Å². The van der Waals surface area contributed by atoms with Gasteiger partial charge in [0.25, 0.3) is 0 Å². The topological polar surface area (TPSA) is 26.3 Å². The molecule has 0 atom stereocenters. The van der Waals surface area contributed by atoms with Crippen LogP contribution in [0, 0.1) is 49.4 Å². The van der Waals surface area contributed by atoms with Gasteiger partial charge in [-0.15, -0.1) is 58.7 Å². The molecule has 0 saturated heterocycles. The molecule has 0 fully saturated rings. The van der Waals surface area contributed by atoms with Crippen molar-refractivity contribution >= 4 is 118 Å². The Labute approximate surface area is 647 Å². The van der Waals surface area contributed by atoms with Crippen molar-refractivity contribution in [2.24, 2.45) is 0 Å². The maximum atomic E-state index is 7.13. The summed E-state index contributed by atoms with van der Waals surface area (Å²) in [6, 6.07) is 111. The molecule has 14 rings (SSSR count). The van der Waals surface area contributed by atoms with Crippen molar-refractivity contribution in [2.45, 2.75) is 25.7 Å². The number of benzene rings is 12. The van der Waals surface area contributed by atoms with Gasteiger partial charge in [-0.05, 0) is 135 Å². The Kier molecular flexibility index (Phi) is 33.4. The van der Waals surface area contributed by atoms with Crippen LogP contribution in [-0.2, 0) is 89.5 Å². The second-order valence-electron chi connectivity index (χ2n) is 22.8. The molecule has 0 bridgehead atoms. The van der Waals surface area contributed by atoms with E-state index in [1.807, 2.05) is 48.5 Å². The third-order valence-corrected chi connectivity index (χ3v) is 28.4. The molecule has 2 nitrogen and oxygen atoms in total. The van der Waals surface area contributed by atoms with E-state index in [0.29, 0.717) is 11.1 Å². The van der Waals surface area contributed by atoms with Crippen LogP contribution in [0.1, 0.15) is 47.9 Å². The molecule has 0 aliphatic heterocycles. The summed E-state index contributed by atoms with van der Waals surface area (Å²) in [6.45, 7) is 0. The summed E-state index contributed by atoms with van der Waals surface area (Å²) in [5, 5.41) is 16.2. The van der Waals surface area contributed by atoms with Crippen LogP contribution in [0.3, 0.4) is 0 Å². The average Bonchev–Trinajstić information content (AvgIpc) is 1.64. The van der Waals surface area contributed by atoms with Crippen molar-refractivity contribution in [1.82, 2.24) is 0 Å². The van der Waals surface area contributed by atoms with Gasteiger partial charge in [0.1, 0.15) is 22.3 Å². The van der Waals surface area contributed by atoms with E-state index in [4.69, 9.17) is 34.5 Å². The zero-order valence-electron chi connectivity index (χ0n) is 53.7. The first-order valence-corrected chi connectivity index (χ1v) is 38.8. The predicted molar refractivity (Wildman–Crippen MR) is 412 cm³/mol. The standard InChI is InChI=1S/2C28H28P2.2C16H6O.4Au/c2*1-5-15-25(16-6-1)29(26-17-7-2-8-18-26)23-13-14-24-30(27-19-9-3-10-20-27)28-21-11-4-12-22-28;2*1-3-11-6-8-15-14(9-11)13-7-5-12(4-2)10-16(13)17-15;;;;/h2*1-12,15-22H,13-14,23-24H2;2*5-10H;;;;/q;;2*-2;4*+1/p+4. The first-order valence-electron chi connectivity index (χ1n) is 32.0. The van der Waals surface area contributed by atoms with Crippen LogP contribution in [0.5, 0.6) is 0 Å². The van der Waals surface area contributed by atoms with Gasteiger partial charge in [0.2, 0.25) is 0 Å². The minimum absolute atomic E-state index is 0. The molecule has 0 N–H and O–H groups in total. The monoisotopic (exact) mass is 2070 g/mol. The third-order valence-electron chi connectivity index (χ3n) is 16.7. The second-order valence-corrected chi connectivity index (χ2v) is 33.3. The number of unbranched alkanes of at least 4 members (excludes halogenated alkanes) is 2. The van der Waals surface area contributed by atoms with Gasteiger partial charge in [0.15, 0.2) is 0 Å². The fraction of sp³-hybridized carbons (Fsp3) is 0.0909. The van der Waals surface area contributed by atoms with Gasteiger partial charge in [-0.2, -0.15) is 0 Å². The molecular formula is C88H72Au4O2P4+4. The minimum atomic E-state index is -0.714. The Balaban J connectivity index is 0.000000187. The van der Waals surface area contributed by atoms with E-state index in [1.165, 1.54) is 92.8 Å². The molecule has 0 radical (unpaired) electrons. The molecule has 0 saturated carbocycles. The third kappa shape index (κ3) is 21.6. The van der Waals surface area contributed by atoms with Crippen LogP contribution in [0.2, 0.25) is 0 Å². The Morgan fingerprint density at radius 1 is 0.214 bits per heavy atom. The number of fused-ring (bicyclic) bond motifs is 6. The van der Waals surface area contributed by atoms with Crippen LogP contribution in [0.4, 0.5) is 0 Å². The molecule has 12 aromatic carbocycles. The van der Waals surface area contributed by atoms with E-state index in [9.17, 15) is 0 Å². The Morgan fingerprint density at radius 3 is 0.612 bits per heavy atom. The minimum Gasteiger partial charge on any atom is -0.458 e. The predicted octanol–water partition coefficient (Wildman–Crippen LogP) is 17.9. The Hall–Kier alpha value is -6.84. The quantitative estimate of drug-likeness (QED) is 0.0281. The molecule has 0 spiro atoms. The average molecular weight is 2070 g/mol. The van der Waals surface area contributed by atoms with E-state index < -0.39 is 31.7 Å². The van der Waals surface area contributed by atoms with Gasteiger partial charge in [-0.25, -0.2) is 0 Å². The maximum Gasteiger partial charge on any atom is 1.00 e. The first kappa shape index (κ1) is 78.5. The number of rotatable bonds is 18. The number of hydrogen-bond acceptors (Lipinski definition) is 2. The molecule has 14 aromatic rings. The molecule has 98 heavy (non-hydrogen) atoms. The Morgan fingerprint density at radius 2 is 0.408 bits per heavy atom. The molecule has 0 amide bonds. The molecule has 10 heteroatoms. The normalized spacial score (nSPS) is 10.4. The summed E-state index contributed by atoms with van der Waals surface area (Å²) >= 11 is 0. The largest absolute Gasteiger partial charge is 1.00 e. The molecule has 0 aliphatic carbocycles. The Bertz CT molecular complexity index is 4220. The molecule has 0 aliphatic rings. The van der Waals surface area contributed by atoms with Crippen LogP contribution < -0.4 is 42.4 Å². The second kappa shape index (κ2) is 41.7. The smallest absolute Gasteiger partial charge is 0.458 e. The fourth-order valence-corrected chi connectivity index (χ4v) is 22.8. The van der Waals surface area contributed by atoms with E-state index in [1.54, 1.807) is 24.3 Å². The summed E-state index contributed by atoms with van der Waals surface area (Å²) in [5.74, 6) is 9.39. The summed E-state index contributed by atoms with van der Waals surface area (Å²) in [5.41, 5.74) is 5.86. The number of hydrogen-bond donors (Lipinski definition) is 0. The van der Waals surface area contributed by atoms with Crippen molar-refractivity contribution < 1.29 is 98.4 Å². The van der Waals surface area contributed by atoms with Gasteiger partial charge in [0.05, 0.1) is 98.8 Å². The van der Waals surface area contributed by atoms with Crippen molar-refractivity contribution in [1.29, 1.82) is 0 Å². The van der Waals surface area contributed by atoms with Crippen LogP contribution in [0.15, 0.2) is 324 Å². The fourth-order valence-electron chi connectivity index (χ4n) is 12.0.